The van der Waals surface area contributed by atoms with Crippen LogP contribution >= 0.6 is 15.9 Å². The van der Waals surface area contributed by atoms with E-state index in [1.54, 1.807) is 7.11 Å². The second kappa shape index (κ2) is 7.71. The zero-order valence-corrected chi connectivity index (χ0v) is 17.9. The number of carboxylic acids is 1. The number of ether oxygens (including phenoxy) is 2. The molecule has 1 N–H and O–H groups in total. The molecule has 0 aliphatic carbocycles. The SMILES string of the molecule is COCCCOc1nn2c(c1Br)-c1cc(=O)c(C(=O)O)cn1C(C(C)(C)C)C2. The summed E-state index contributed by atoms with van der Waals surface area (Å²) < 4.78 is 15.2. The number of hydrogen-bond acceptors (Lipinski definition) is 5. The average Bonchev–Trinajstić information content (AvgIpc) is 2.92. The van der Waals surface area contributed by atoms with E-state index in [-0.39, 0.29) is 17.0 Å². The average molecular weight is 454 g/mol. The van der Waals surface area contributed by atoms with Gasteiger partial charge in [-0.15, -0.1) is 5.10 Å². The minimum absolute atomic E-state index is 0.0816. The fourth-order valence-corrected chi connectivity index (χ4v) is 3.96. The number of aromatic carboxylic acids is 1. The molecule has 1 aliphatic rings. The predicted octanol–water partition coefficient (Wildman–Crippen LogP) is 3.19. The lowest BCUT2D eigenvalue weighted by molar-refractivity contribution is 0.0693. The van der Waals surface area contributed by atoms with Crippen LogP contribution in [0.25, 0.3) is 11.4 Å². The molecule has 8 nitrogen and oxygen atoms in total. The van der Waals surface area contributed by atoms with Crippen LogP contribution in [-0.4, -0.2) is 45.7 Å². The molecule has 0 bridgehead atoms. The molecule has 0 saturated heterocycles. The second-order valence-electron chi connectivity index (χ2n) is 7.88. The second-order valence-corrected chi connectivity index (χ2v) is 8.67. The fourth-order valence-electron chi connectivity index (χ4n) is 3.36. The van der Waals surface area contributed by atoms with Crippen molar-refractivity contribution in [3.63, 3.8) is 0 Å². The van der Waals surface area contributed by atoms with Gasteiger partial charge in [0, 0.05) is 32.4 Å². The van der Waals surface area contributed by atoms with Gasteiger partial charge in [0.05, 0.1) is 24.9 Å². The summed E-state index contributed by atoms with van der Waals surface area (Å²) in [6.07, 6.45) is 2.17. The summed E-state index contributed by atoms with van der Waals surface area (Å²) in [4.78, 5) is 23.9. The summed E-state index contributed by atoms with van der Waals surface area (Å²) >= 11 is 3.55. The summed E-state index contributed by atoms with van der Waals surface area (Å²) in [7, 11) is 1.64. The van der Waals surface area contributed by atoms with Gasteiger partial charge in [0.25, 0.3) is 0 Å². The van der Waals surface area contributed by atoms with Gasteiger partial charge < -0.3 is 19.1 Å². The lowest BCUT2D eigenvalue weighted by Gasteiger charge is -2.38. The molecule has 0 radical (unpaired) electrons. The zero-order valence-electron chi connectivity index (χ0n) is 16.4. The van der Waals surface area contributed by atoms with Crippen LogP contribution < -0.4 is 10.2 Å². The smallest absolute Gasteiger partial charge is 0.341 e. The number of rotatable bonds is 6. The highest BCUT2D eigenvalue weighted by Gasteiger charge is 2.36. The van der Waals surface area contributed by atoms with Crippen molar-refractivity contribution in [3.8, 4) is 17.3 Å². The minimum Gasteiger partial charge on any atom is -0.477 e. The normalized spacial score (nSPS) is 15.8. The van der Waals surface area contributed by atoms with Crippen LogP contribution in [0.3, 0.4) is 0 Å². The molecule has 2 aromatic heterocycles. The first-order valence-corrected chi connectivity index (χ1v) is 9.82. The maximum absolute atomic E-state index is 12.4. The van der Waals surface area contributed by atoms with E-state index in [1.165, 1.54) is 12.3 Å². The Morgan fingerprint density at radius 3 is 2.71 bits per heavy atom. The Balaban J connectivity index is 2.11. The summed E-state index contributed by atoms with van der Waals surface area (Å²) in [5, 5.41) is 14.0. The molecule has 3 heterocycles. The van der Waals surface area contributed by atoms with E-state index in [0.717, 1.165) is 6.42 Å². The van der Waals surface area contributed by atoms with Gasteiger partial charge >= 0.3 is 5.97 Å². The zero-order chi connectivity index (χ0) is 20.6. The quantitative estimate of drug-likeness (QED) is 0.674. The van der Waals surface area contributed by atoms with Crippen molar-refractivity contribution in [1.29, 1.82) is 0 Å². The van der Waals surface area contributed by atoms with Crippen molar-refractivity contribution in [1.82, 2.24) is 14.3 Å². The van der Waals surface area contributed by atoms with E-state index < -0.39 is 11.4 Å². The summed E-state index contributed by atoms with van der Waals surface area (Å²) in [5.74, 6) is -0.782. The molecule has 1 unspecified atom stereocenters. The maximum atomic E-state index is 12.4. The number of aromatic nitrogens is 3. The topological polar surface area (TPSA) is 95.6 Å². The molecule has 28 heavy (non-hydrogen) atoms. The summed E-state index contributed by atoms with van der Waals surface area (Å²) in [6.45, 7) is 7.81. The molecule has 0 aromatic carbocycles. The van der Waals surface area contributed by atoms with Crippen LogP contribution in [0.4, 0.5) is 0 Å². The van der Waals surface area contributed by atoms with Crippen LogP contribution in [-0.2, 0) is 11.3 Å². The number of hydrogen-bond donors (Lipinski definition) is 1. The van der Waals surface area contributed by atoms with Crippen LogP contribution in [0, 0.1) is 5.41 Å². The standard InChI is InChI=1S/C19H24BrN3O5/c1-19(2,3)14-10-23-16(15(20)17(21-23)28-7-5-6-27-4)12-8-13(24)11(18(25)26)9-22(12)14/h8-9,14H,5-7,10H2,1-4H3,(H,25,26). The number of halogens is 1. The Morgan fingerprint density at radius 1 is 1.39 bits per heavy atom. The van der Waals surface area contributed by atoms with Crippen molar-refractivity contribution >= 4 is 21.9 Å². The molecule has 152 valence electrons. The molecular formula is C19H24BrN3O5. The van der Waals surface area contributed by atoms with E-state index in [9.17, 15) is 14.7 Å². The number of methoxy groups -OCH3 is 1. The van der Waals surface area contributed by atoms with Gasteiger partial charge in [-0.2, -0.15) is 0 Å². The molecule has 2 aromatic rings. The highest BCUT2D eigenvalue weighted by atomic mass is 79.9. The predicted molar refractivity (Wildman–Crippen MR) is 107 cm³/mol. The van der Waals surface area contributed by atoms with Gasteiger partial charge in [-0.1, -0.05) is 20.8 Å². The third-order valence-electron chi connectivity index (χ3n) is 4.83. The van der Waals surface area contributed by atoms with Gasteiger partial charge in [-0.05, 0) is 21.3 Å². The Hall–Kier alpha value is -2.13. The highest BCUT2D eigenvalue weighted by Crippen LogP contribution is 2.44. The third kappa shape index (κ3) is 3.73. The van der Waals surface area contributed by atoms with Gasteiger partial charge in [0.1, 0.15) is 15.7 Å². The molecule has 0 spiro atoms. The molecule has 0 saturated carbocycles. The Bertz CT molecular complexity index is 958. The molecule has 9 heteroatoms. The van der Waals surface area contributed by atoms with E-state index in [4.69, 9.17) is 9.47 Å². The lowest BCUT2D eigenvalue weighted by atomic mass is 9.85. The minimum atomic E-state index is -1.23. The van der Waals surface area contributed by atoms with Crippen LogP contribution in [0.5, 0.6) is 5.88 Å². The first kappa shape index (κ1) is 20.6. The van der Waals surface area contributed by atoms with Gasteiger partial charge in [-0.25, -0.2) is 4.79 Å². The molecule has 3 rings (SSSR count). The van der Waals surface area contributed by atoms with E-state index in [0.29, 0.717) is 41.5 Å². The monoisotopic (exact) mass is 453 g/mol. The number of nitrogens with zero attached hydrogens (tertiary/aromatic N) is 3. The Morgan fingerprint density at radius 2 is 2.11 bits per heavy atom. The lowest BCUT2D eigenvalue weighted by Crippen LogP contribution is -2.35. The van der Waals surface area contributed by atoms with Gasteiger partial charge in [-0.3, -0.25) is 9.48 Å². The fraction of sp³-hybridized carbons (Fsp3) is 0.526. The molecule has 0 fully saturated rings. The first-order valence-electron chi connectivity index (χ1n) is 9.03. The van der Waals surface area contributed by atoms with Crippen molar-refractivity contribution < 1.29 is 19.4 Å². The van der Waals surface area contributed by atoms with E-state index in [1.807, 2.05) is 9.25 Å². The van der Waals surface area contributed by atoms with Crippen LogP contribution in [0.15, 0.2) is 21.5 Å². The van der Waals surface area contributed by atoms with Crippen molar-refractivity contribution in [2.45, 2.75) is 39.8 Å². The van der Waals surface area contributed by atoms with Crippen molar-refractivity contribution in [2.24, 2.45) is 5.41 Å². The number of carbonyl (C=O) groups is 1. The third-order valence-corrected chi connectivity index (χ3v) is 5.55. The maximum Gasteiger partial charge on any atom is 0.341 e. The summed E-state index contributed by atoms with van der Waals surface area (Å²) in [6, 6.07) is 1.29. The van der Waals surface area contributed by atoms with Crippen LogP contribution in [0.2, 0.25) is 0 Å². The Kier molecular flexibility index (Phi) is 5.67. The molecule has 1 atom stereocenters. The van der Waals surface area contributed by atoms with Crippen LogP contribution in [0.1, 0.15) is 43.6 Å². The molecular weight excluding hydrogens is 430 g/mol. The van der Waals surface area contributed by atoms with Gasteiger partial charge in [0.15, 0.2) is 5.43 Å². The largest absolute Gasteiger partial charge is 0.477 e. The van der Waals surface area contributed by atoms with E-state index in [2.05, 4.69) is 41.8 Å². The number of carboxylic acid groups (broad SMARTS) is 1. The molecule has 0 amide bonds. The number of pyridine rings is 1. The van der Waals surface area contributed by atoms with Gasteiger partial charge in [0.2, 0.25) is 5.88 Å². The first-order chi connectivity index (χ1) is 13.1. The van der Waals surface area contributed by atoms with Crippen molar-refractivity contribution in [2.75, 3.05) is 20.3 Å². The van der Waals surface area contributed by atoms with Crippen molar-refractivity contribution in [3.05, 3.63) is 32.5 Å². The number of fused-ring (bicyclic) bond motifs is 3. The summed E-state index contributed by atoms with van der Waals surface area (Å²) in [5.41, 5.74) is 0.368. The molecule has 1 aliphatic heterocycles. The van der Waals surface area contributed by atoms with E-state index >= 15 is 0 Å². The highest BCUT2D eigenvalue weighted by molar-refractivity contribution is 9.10. The Labute approximate surface area is 171 Å².